The third kappa shape index (κ3) is 1.64. The van der Waals surface area contributed by atoms with Crippen LogP contribution in [-0.4, -0.2) is 37.7 Å². The fourth-order valence-electron chi connectivity index (χ4n) is 0.883. The van der Waals surface area contributed by atoms with E-state index in [0.717, 1.165) is 0 Å². The third-order valence-corrected chi connectivity index (χ3v) is 1.97. The van der Waals surface area contributed by atoms with E-state index in [-0.39, 0.29) is 0 Å². The van der Waals surface area contributed by atoms with Gasteiger partial charge in [0, 0.05) is 0 Å². The topological polar surface area (TPSA) is 118 Å². The maximum Gasteiger partial charge on any atom is 0.321 e. The molecular weight excluding hydrogens is 174 g/mol. The zero-order valence-electron chi connectivity index (χ0n) is 7.35. The van der Waals surface area contributed by atoms with Gasteiger partial charge in [-0.2, -0.15) is 5.21 Å². The Bertz CT molecular complexity index is 294. The highest BCUT2D eigenvalue weighted by Gasteiger charge is 2.37. The van der Waals surface area contributed by atoms with E-state index in [1.807, 2.05) is 0 Å². The summed E-state index contributed by atoms with van der Waals surface area (Å²) in [7, 11) is 0. The van der Waals surface area contributed by atoms with Crippen LogP contribution >= 0.6 is 0 Å². The number of carboxylic acids is 1. The number of tetrazole rings is 1. The summed E-state index contributed by atoms with van der Waals surface area (Å²) in [6.45, 7) is 3.30. The standard InChI is InChI=1S/C6H11N5O2/c1-6(2,3(7)4(12)13)5-8-10-11-9-5/h3H,7H2,1-2H3,(H,12,13)(H,8,9,10,11). The van der Waals surface area contributed by atoms with Crippen LogP contribution in [0.5, 0.6) is 0 Å². The van der Waals surface area contributed by atoms with E-state index in [2.05, 4.69) is 20.6 Å². The quantitative estimate of drug-likeness (QED) is 0.549. The van der Waals surface area contributed by atoms with E-state index in [1.54, 1.807) is 13.8 Å². The second kappa shape index (κ2) is 3.09. The summed E-state index contributed by atoms with van der Waals surface area (Å²) in [5.41, 5.74) is 4.63. The summed E-state index contributed by atoms with van der Waals surface area (Å²) in [4.78, 5) is 10.6. The van der Waals surface area contributed by atoms with Crippen molar-refractivity contribution < 1.29 is 9.90 Å². The predicted octanol–water partition coefficient (Wildman–Crippen LogP) is -1.11. The second-order valence-electron chi connectivity index (χ2n) is 3.27. The van der Waals surface area contributed by atoms with Gasteiger partial charge in [0.25, 0.3) is 0 Å². The Morgan fingerprint density at radius 3 is 2.69 bits per heavy atom. The summed E-state index contributed by atoms with van der Waals surface area (Å²) < 4.78 is 0. The molecule has 1 aromatic rings. The van der Waals surface area contributed by atoms with Crippen LogP contribution < -0.4 is 5.73 Å². The zero-order valence-corrected chi connectivity index (χ0v) is 7.35. The highest BCUT2D eigenvalue weighted by Crippen LogP contribution is 2.21. The van der Waals surface area contributed by atoms with Gasteiger partial charge in [-0.3, -0.25) is 4.79 Å². The molecule has 4 N–H and O–H groups in total. The fourth-order valence-corrected chi connectivity index (χ4v) is 0.883. The number of carboxylic acid groups (broad SMARTS) is 1. The SMILES string of the molecule is CC(C)(c1nn[nH]n1)C(N)C(=O)O. The van der Waals surface area contributed by atoms with Crippen LogP contribution in [0.2, 0.25) is 0 Å². The number of aromatic nitrogens is 4. The van der Waals surface area contributed by atoms with Gasteiger partial charge >= 0.3 is 5.97 Å². The van der Waals surface area contributed by atoms with Crippen LogP contribution in [0.3, 0.4) is 0 Å². The number of nitrogens with two attached hydrogens (primary N) is 1. The predicted molar refractivity (Wildman–Crippen MR) is 42.8 cm³/mol. The van der Waals surface area contributed by atoms with Crippen LogP contribution in [0.1, 0.15) is 19.7 Å². The molecule has 1 atom stereocenters. The van der Waals surface area contributed by atoms with Crippen LogP contribution in [0, 0.1) is 0 Å². The molecular formula is C6H11N5O2. The van der Waals surface area contributed by atoms with Crippen LogP contribution in [-0.2, 0) is 10.2 Å². The number of nitrogens with zero attached hydrogens (tertiary/aromatic N) is 3. The number of hydrogen-bond acceptors (Lipinski definition) is 5. The minimum atomic E-state index is -1.09. The first kappa shape index (κ1) is 9.59. The molecule has 0 aromatic carbocycles. The van der Waals surface area contributed by atoms with E-state index >= 15 is 0 Å². The second-order valence-corrected chi connectivity index (χ2v) is 3.27. The largest absolute Gasteiger partial charge is 0.480 e. The van der Waals surface area contributed by atoms with Gasteiger partial charge in [0.05, 0.1) is 5.41 Å². The minimum absolute atomic E-state index is 0.294. The van der Waals surface area contributed by atoms with E-state index in [1.165, 1.54) is 0 Å². The lowest BCUT2D eigenvalue weighted by Crippen LogP contribution is -2.47. The van der Waals surface area contributed by atoms with Crippen molar-refractivity contribution in [1.29, 1.82) is 0 Å². The minimum Gasteiger partial charge on any atom is -0.480 e. The van der Waals surface area contributed by atoms with Gasteiger partial charge in [-0.25, -0.2) is 0 Å². The number of aliphatic carboxylic acids is 1. The van der Waals surface area contributed by atoms with Crippen LogP contribution in [0.4, 0.5) is 0 Å². The Morgan fingerprint density at radius 2 is 2.31 bits per heavy atom. The van der Waals surface area contributed by atoms with Crippen molar-refractivity contribution in [2.45, 2.75) is 25.3 Å². The molecule has 0 radical (unpaired) electrons. The molecule has 0 aliphatic heterocycles. The Hall–Kier alpha value is -1.50. The molecule has 0 fully saturated rings. The molecule has 0 aliphatic rings. The number of carbonyl (C=O) groups is 1. The first-order chi connectivity index (χ1) is 5.96. The monoisotopic (exact) mass is 185 g/mol. The Morgan fingerprint density at radius 1 is 1.69 bits per heavy atom. The average Bonchev–Trinajstić information content (AvgIpc) is 2.54. The number of nitrogens with one attached hydrogen (secondary N) is 1. The van der Waals surface area contributed by atoms with Crippen LogP contribution in [0.15, 0.2) is 0 Å². The lowest BCUT2D eigenvalue weighted by molar-refractivity contribution is -0.140. The molecule has 13 heavy (non-hydrogen) atoms. The summed E-state index contributed by atoms with van der Waals surface area (Å²) in [5, 5.41) is 21.7. The van der Waals surface area contributed by atoms with Gasteiger partial charge in [-0.1, -0.05) is 19.1 Å². The highest BCUT2D eigenvalue weighted by atomic mass is 16.4. The first-order valence-corrected chi connectivity index (χ1v) is 3.68. The molecule has 7 heteroatoms. The summed E-state index contributed by atoms with van der Waals surface area (Å²) in [6.07, 6.45) is 0. The number of aromatic amines is 1. The molecule has 1 heterocycles. The van der Waals surface area contributed by atoms with Gasteiger partial charge in [0.15, 0.2) is 5.82 Å². The number of rotatable bonds is 3. The Balaban J connectivity index is 2.95. The molecule has 7 nitrogen and oxygen atoms in total. The maximum absolute atomic E-state index is 10.6. The fraction of sp³-hybridized carbons (Fsp3) is 0.667. The van der Waals surface area contributed by atoms with Crippen molar-refractivity contribution in [3.63, 3.8) is 0 Å². The van der Waals surface area contributed by atoms with Crippen LogP contribution in [0.25, 0.3) is 0 Å². The lowest BCUT2D eigenvalue weighted by Gasteiger charge is -2.24. The van der Waals surface area contributed by atoms with Crippen molar-refractivity contribution in [3.8, 4) is 0 Å². The van der Waals surface area contributed by atoms with Gasteiger partial charge in [-0.05, 0) is 0 Å². The van der Waals surface area contributed by atoms with E-state index in [0.29, 0.717) is 5.82 Å². The molecule has 0 aliphatic carbocycles. The molecule has 0 bridgehead atoms. The number of hydrogen-bond donors (Lipinski definition) is 3. The molecule has 0 saturated carbocycles. The molecule has 0 spiro atoms. The van der Waals surface area contributed by atoms with E-state index in [4.69, 9.17) is 10.8 Å². The molecule has 72 valence electrons. The van der Waals surface area contributed by atoms with Crippen molar-refractivity contribution >= 4 is 5.97 Å². The third-order valence-electron chi connectivity index (χ3n) is 1.97. The van der Waals surface area contributed by atoms with Gasteiger partial charge in [0.1, 0.15) is 6.04 Å². The van der Waals surface area contributed by atoms with E-state index < -0.39 is 17.4 Å². The Kier molecular flexibility index (Phi) is 2.28. The zero-order chi connectivity index (χ0) is 10.1. The highest BCUT2D eigenvalue weighted by molar-refractivity contribution is 5.75. The lowest BCUT2D eigenvalue weighted by atomic mass is 9.84. The first-order valence-electron chi connectivity index (χ1n) is 3.68. The average molecular weight is 185 g/mol. The maximum atomic E-state index is 10.6. The van der Waals surface area contributed by atoms with Gasteiger partial charge < -0.3 is 10.8 Å². The van der Waals surface area contributed by atoms with E-state index in [9.17, 15) is 4.79 Å². The molecule has 1 aromatic heterocycles. The number of H-pyrrole nitrogens is 1. The molecule has 0 saturated heterocycles. The van der Waals surface area contributed by atoms with Crippen molar-refractivity contribution in [2.24, 2.45) is 5.73 Å². The normalized spacial score (nSPS) is 14.1. The molecule has 1 rings (SSSR count). The van der Waals surface area contributed by atoms with Crippen molar-refractivity contribution in [3.05, 3.63) is 5.82 Å². The van der Waals surface area contributed by atoms with Gasteiger partial charge in [0.2, 0.25) is 0 Å². The summed E-state index contributed by atoms with van der Waals surface area (Å²) >= 11 is 0. The molecule has 0 amide bonds. The smallest absolute Gasteiger partial charge is 0.321 e. The summed E-state index contributed by atoms with van der Waals surface area (Å²) in [5.74, 6) is -0.794. The molecule has 1 unspecified atom stereocenters. The van der Waals surface area contributed by atoms with Crippen molar-refractivity contribution in [2.75, 3.05) is 0 Å². The van der Waals surface area contributed by atoms with Crippen molar-refractivity contribution in [1.82, 2.24) is 20.6 Å². The summed E-state index contributed by atoms with van der Waals surface area (Å²) in [6, 6.07) is -1.05. The van der Waals surface area contributed by atoms with Gasteiger partial charge in [-0.15, -0.1) is 10.2 Å². The Labute approximate surface area is 74.3 Å².